The van der Waals surface area contributed by atoms with E-state index in [4.69, 9.17) is 18.5 Å². The lowest BCUT2D eigenvalue weighted by Gasteiger charge is -2.22. The van der Waals surface area contributed by atoms with Gasteiger partial charge in [-0.25, -0.2) is 0 Å². The molecule has 0 heterocycles. The molecule has 0 aromatic rings. The van der Waals surface area contributed by atoms with Crippen molar-refractivity contribution >= 4 is 29.3 Å². The van der Waals surface area contributed by atoms with Gasteiger partial charge in [0.2, 0.25) is 0 Å². The summed E-state index contributed by atoms with van der Waals surface area (Å²) in [6.07, 6.45) is 0. The van der Waals surface area contributed by atoms with Crippen molar-refractivity contribution in [3.63, 3.8) is 0 Å². The maximum absolute atomic E-state index is 9.09. The minimum atomic E-state index is -0.772. The van der Waals surface area contributed by atoms with Gasteiger partial charge in [0, 0.05) is 21.3 Å². The van der Waals surface area contributed by atoms with E-state index in [9.17, 15) is 0 Å². The molecule has 0 fully saturated rings. The third-order valence-electron chi connectivity index (χ3n) is 1.86. The highest BCUT2D eigenvalue weighted by molar-refractivity contribution is 6.59. The van der Waals surface area contributed by atoms with Gasteiger partial charge in [-0.3, -0.25) is 0 Å². The average Bonchev–Trinajstić information content (AvgIpc) is 2.15. The molecule has 0 radical (unpaired) electrons. The summed E-state index contributed by atoms with van der Waals surface area (Å²) < 4.78 is 15.3. The topological polar surface area (TPSA) is 51.5 Å². The maximum Gasteiger partial charge on any atom is 0.180 e. The summed E-state index contributed by atoms with van der Waals surface area (Å²) in [5.74, 6) is 0. The summed E-state index contributed by atoms with van der Waals surface area (Å²) in [4.78, 5) is 0. The Bertz CT molecular complexity index is 167. The smallest absolute Gasteiger partial charge is 0.180 e. The molecule has 0 N–H and O–H groups in total. The van der Waals surface area contributed by atoms with Gasteiger partial charge in [-0.2, -0.15) is 5.26 Å². The molecule has 4 nitrogen and oxygen atoms in total. The molecule has 0 bridgehead atoms. The van der Waals surface area contributed by atoms with Gasteiger partial charge in [-0.05, 0) is 6.04 Å². The molecule has 0 atom stereocenters. The highest BCUT2D eigenvalue weighted by Gasteiger charge is 2.31. The first-order chi connectivity index (χ1) is 6.24. The quantitative estimate of drug-likeness (QED) is 0.491. The van der Waals surface area contributed by atoms with E-state index in [2.05, 4.69) is 6.07 Å². The van der Waals surface area contributed by atoms with E-state index < -0.39 is 29.3 Å². The standard InChI is InChI=1S/C6H17NO3Si3/c1-8-11-5-6(4-7,12-9-2)13-10-3/h5,11-13H2,1-3H3. The van der Waals surface area contributed by atoms with Crippen LogP contribution in [0.5, 0.6) is 0 Å². The van der Waals surface area contributed by atoms with Gasteiger partial charge in [0.1, 0.15) is 0 Å². The van der Waals surface area contributed by atoms with Gasteiger partial charge in [0.25, 0.3) is 0 Å². The van der Waals surface area contributed by atoms with Crippen LogP contribution < -0.4 is 0 Å². The molecule has 0 aliphatic heterocycles. The highest BCUT2D eigenvalue weighted by Crippen LogP contribution is 2.27. The second kappa shape index (κ2) is 7.43. The van der Waals surface area contributed by atoms with Crippen LogP contribution in [0.25, 0.3) is 0 Å². The van der Waals surface area contributed by atoms with Crippen LogP contribution in [0, 0.1) is 11.3 Å². The predicted molar refractivity (Wildman–Crippen MR) is 59.8 cm³/mol. The minimum absolute atomic E-state index is 0.230. The zero-order valence-electron chi connectivity index (χ0n) is 8.50. The number of nitriles is 1. The summed E-state index contributed by atoms with van der Waals surface area (Å²) in [7, 11) is 2.97. The monoisotopic (exact) mass is 235 g/mol. The molecule has 13 heavy (non-hydrogen) atoms. The van der Waals surface area contributed by atoms with Gasteiger partial charge < -0.3 is 13.3 Å². The van der Waals surface area contributed by atoms with Crippen molar-refractivity contribution in [2.45, 2.75) is 10.7 Å². The second-order valence-corrected chi connectivity index (χ2v) is 9.93. The number of nitrogens with zero attached hydrogens (tertiary/aromatic N) is 1. The van der Waals surface area contributed by atoms with E-state index in [1.165, 1.54) is 0 Å². The van der Waals surface area contributed by atoms with Crippen molar-refractivity contribution in [1.82, 2.24) is 0 Å². The van der Waals surface area contributed by atoms with Crippen molar-refractivity contribution in [2.75, 3.05) is 21.3 Å². The summed E-state index contributed by atoms with van der Waals surface area (Å²) in [5.41, 5.74) is 0. The van der Waals surface area contributed by atoms with E-state index in [-0.39, 0.29) is 4.66 Å². The van der Waals surface area contributed by atoms with Crippen LogP contribution in [0.1, 0.15) is 0 Å². The molecular weight excluding hydrogens is 218 g/mol. The molecule has 76 valence electrons. The molecule has 0 unspecified atom stereocenters. The molecule has 7 heteroatoms. The summed E-state index contributed by atoms with van der Waals surface area (Å²) in [6, 6.07) is 3.27. The highest BCUT2D eigenvalue weighted by atomic mass is 28.3. The zero-order chi connectivity index (χ0) is 10.2. The van der Waals surface area contributed by atoms with Crippen LogP contribution in [-0.2, 0) is 13.3 Å². The minimum Gasteiger partial charge on any atom is -0.427 e. The van der Waals surface area contributed by atoms with Crippen molar-refractivity contribution in [2.24, 2.45) is 0 Å². The third-order valence-corrected chi connectivity index (χ3v) is 8.78. The Balaban J connectivity index is 4.18. The molecule has 0 aromatic carbocycles. The Kier molecular flexibility index (Phi) is 7.44. The number of rotatable bonds is 7. The molecule has 0 amide bonds. The largest absolute Gasteiger partial charge is 0.427 e. The number of hydrogen-bond acceptors (Lipinski definition) is 4. The summed E-state index contributed by atoms with van der Waals surface area (Å²) >= 11 is 0. The Hall–Kier alpha value is 0.0206. The van der Waals surface area contributed by atoms with Crippen LogP contribution in [0.15, 0.2) is 0 Å². The lowest BCUT2D eigenvalue weighted by atomic mass is 10.5. The lowest BCUT2D eigenvalue weighted by Crippen LogP contribution is -2.30. The second-order valence-electron chi connectivity index (χ2n) is 3.00. The fraction of sp³-hybridized carbons (Fsp3) is 0.833. The molecule has 0 spiro atoms. The fourth-order valence-corrected chi connectivity index (χ4v) is 6.68. The van der Waals surface area contributed by atoms with Crippen LogP contribution in [0.3, 0.4) is 0 Å². The first-order valence-electron chi connectivity index (χ1n) is 4.13. The molecule has 0 saturated carbocycles. The Morgan fingerprint density at radius 2 is 1.69 bits per heavy atom. The van der Waals surface area contributed by atoms with Crippen molar-refractivity contribution in [1.29, 1.82) is 5.26 Å². The predicted octanol–water partition coefficient (Wildman–Crippen LogP) is -1.76. The van der Waals surface area contributed by atoms with Gasteiger partial charge >= 0.3 is 0 Å². The summed E-state index contributed by atoms with van der Waals surface area (Å²) in [6.45, 7) is 0. The molecule has 0 aliphatic carbocycles. The zero-order valence-corrected chi connectivity index (χ0v) is 12.7. The van der Waals surface area contributed by atoms with Gasteiger partial charge in [0.05, 0.1) is 10.7 Å². The Morgan fingerprint density at radius 3 is 2.00 bits per heavy atom. The van der Waals surface area contributed by atoms with Crippen molar-refractivity contribution in [3.05, 3.63) is 0 Å². The SMILES string of the molecule is CO[SiH2]CC(C#N)([SiH2]OC)[SiH2]OC. The fourth-order valence-electron chi connectivity index (χ4n) is 1.16. The van der Waals surface area contributed by atoms with Gasteiger partial charge in [-0.15, -0.1) is 0 Å². The van der Waals surface area contributed by atoms with Crippen LogP contribution in [-0.4, -0.2) is 50.6 Å². The van der Waals surface area contributed by atoms with Crippen molar-refractivity contribution in [3.8, 4) is 6.07 Å². The normalized spacial score (nSPS) is 17.7. The number of hydrogen-bond donors (Lipinski definition) is 0. The van der Waals surface area contributed by atoms with E-state index in [1.54, 1.807) is 21.3 Å². The maximum atomic E-state index is 9.09. The Labute approximate surface area is 86.4 Å². The molecule has 0 saturated heterocycles. The van der Waals surface area contributed by atoms with Crippen LogP contribution in [0.2, 0.25) is 10.7 Å². The van der Waals surface area contributed by atoms with Gasteiger partial charge in [0.15, 0.2) is 29.3 Å². The Morgan fingerprint density at radius 1 is 1.15 bits per heavy atom. The molecule has 0 rings (SSSR count). The third kappa shape index (κ3) is 4.70. The lowest BCUT2D eigenvalue weighted by molar-refractivity contribution is 0.402. The van der Waals surface area contributed by atoms with E-state index in [1.807, 2.05) is 0 Å². The molecule has 0 aliphatic rings. The van der Waals surface area contributed by atoms with E-state index in [0.717, 1.165) is 6.04 Å². The van der Waals surface area contributed by atoms with Gasteiger partial charge in [-0.1, -0.05) is 0 Å². The molecular formula is C6H17NO3Si3. The summed E-state index contributed by atoms with van der Waals surface area (Å²) in [5, 5.41) is 9.09. The average molecular weight is 235 g/mol. The first kappa shape index (κ1) is 13.0. The van der Waals surface area contributed by atoms with Crippen LogP contribution >= 0.6 is 0 Å². The molecule has 0 aromatic heterocycles. The first-order valence-corrected chi connectivity index (χ1v) is 8.27. The van der Waals surface area contributed by atoms with Crippen molar-refractivity contribution < 1.29 is 13.3 Å². The van der Waals surface area contributed by atoms with E-state index in [0.29, 0.717) is 0 Å². The van der Waals surface area contributed by atoms with E-state index >= 15 is 0 Å². The van der Waals surface area contributed by atoms with Crippen LogP contribution in [0.4, 0.5) is 0 Å².